The summed E-state index contributed by atoms with van der Waals surface area (Å²) in [7, 11) is 2.61. The van der Waals surface area contributed by atoms with Crippen LogP contribution in [0.4, 0.5) is 0 Å². The smallest absolute Gasteiger partial charge is 0.309 e. The zero-order valence-corrected chi connectivity index (χ0v) is 14.5. The van der Waals surface area contributed by atoms with Crippen molar-refractivity contribution >= 4 is 46.2 Å². The fourth-order valence-corrected chi connectivity index (χ4v) is 3.35. The van der Waals surface area contributed by atoms with E-state index < -0.39 is 23.8 Å². The Hall–Kier alpha value is -1.92. The van der Waals surface area contributed by atoms with Crippen molar-refractivity contribution in [1.29, 1.82) is 0 Å². The molecular weight excluding hydrogens is 355 g/mol. The van der Waals surface area contributed by atoms with Crippen LogP contribution in [0.15, 0.2) is 12.1 Å². The molecule has 0 fully saturated rings. The topological polar surface area (TPSA) is 78.4 Å². The van der Waals surface area contributed by atoms with Crippen LogP contribution >= 0.6 is 23.2 Å². The molecule has 0 radical (unpaired) electrons. The Kier molecular flexibility index (Phi) is 4.60. The first-order valence-corrected chi connectivity index (χ1v) is 8.00. The minimum absolute atomic E-state index is 0.122. The van der Waals surface area contributed by atoms with E-state index in [1.807, 2.05) is 12.1 Å². The number of aromatic nitrogens is 2. The summed E-state index contributed by atoms with van der Waals surface area (Å²) < 4.78 is 9.68. The van der Waals surface area contributed by atoms with E-state index in [0.29, 0.717) is 23.9 Å². The third kappa shape index (κ3) is 2.91. The van der Waals surface area contributed by atoms with Crippen LogP contribution in [0.1, 0.15) is 11.1 Å². The van der Waals surface area contributed by atoms with E-state index in [1.54, 1.807) is 0 Å². The Morgan fingerprint density at radius 2 is 1.29 bits per heavy atom. The highest BCUT2D eigenvalue weighted by molar-refractivity contribution is 6.40. The average molecular weight is 369 g/mol. The van der Waals surface area contributed by atoms with Crippen molar-refractivity contribution in [3.63, 3.8) is 0 Å². The molecule has 0 bridgehead atoms. The van der Waals surface area contributed by atoms with Crippen molar-refractivity contribution in [3.05, 3.63) is 33.6 Å². The summed E-state index contributed by atoms with van der Waals surface area (Å²) in [6.07, 6.45) is 0.722. The first-order chi connectivity index (χ1) is 11.4. The molecule has 1 aromatic carbocycles. The van der Waals surface area contributed by atoms with Crippen LogP contribution in [0.2, 0.25) is 10.3 Å². The van der Waals surface area contributed by atoms with Gasteiger partial charge in [-0.15, -0.1) is 0 Å². The number of hydrogen-bond acceptors (Lipinski definition) is 6. The van der Waals surface area contributed by atoms with Gasteiger partial charge in [0.25, 0.3) is 0 Å². The maximum atomic E-state index is 12.1. The summed E-state index contributed by atoms with van der Waals surface area (Å²) in [5, 5.41) is 0.244. The van der Waals surface area contributed by atoms with Gasteiger partial charge in [-0.05, 0) is 36.1 Å². The van der Waals surface area contributed by atoms with Gasteiger partial charge >= 0.3 is 11.9 Å². The fourth-order valence-electron chi connectivity index (χ4n) is 3.08. The Balaban J connectivity index is 2.09. The van der Waals surface area contributed by atoms with Gasteiger partial charge < -0.3 is 9.47 Å². The Labute approximate surface area is 148 Å². The molecule has 1 aliphatic carbocycles. The Morgan fingerprint density at radius 3 is 1.62 bits per heavy atom. The zero-order chi connectivity index (χ0) is 17.4. The molecule has 2 atom stereocenters. The second kappa shape index (κ2) is 6.53. The van der Waals surface area contributed by atoms with E-state index in [1.165, 1.54) is 14.2 Å². The summed E-state index contributed by atoms with van der Waals surface area (Å²) in [6.45, 7) is 0. The van der Waals surface area contributed by atoms with Gasteiger partial charge in [-0.3, -0.25) is 9.59 Å². The van der Waals surface area contributed by atoms with Crippen LogP contribution in [0.25, 0.3) is 11.0 Å². The lowest BCUT2D eigenvalue weighted by atomic mass is 9.75. The average Bonchev–Trinajstić information content (AvgIpc) is 2.58. The minimum Gasteiger partial charge on any atom is -0.469 e. The molecule has 1 aromatic heterocycles. The van der Waals surface area contributed by atoms with Crippen LogP contribution in [-0.2, 0) is 31.9 Å². The minimum atomic E-state index is -0.594. The van der Waals surface area contributed by atoms with E-state index in [9.17, 15) is 9.59 Å². The third-order valence-electron chi connectivity index (χ3n) is 4.28. The van der Waals surface area contributed by atoms with E-state index in [-0.39, 0.29) is 10.3 Å². The van der Waals surface area contributed by atoms with Crippen molar-refractivity contribution in [3.8, 4) is 0 Å². The van der Waals surface area contributed by atoms with Gasteiger partial charge in [0.15, 0.2) is 10.3 Å². The maximum Gasteiger partial charge on any atom is 0.309 e. The summed E-state index contributed by atoms with van der Waals surface area (Å²) in [5.41, 5.74) is 2.99. The Bertz CT molecular complexity index is 772. The van der Waals surface area contributed by atoms with Gasteiger partial charge in [0.2, 0.25) is 0 Å². The number of benzene rings is 1. The van der Waals surface area contributed by atoms with Crippen molar-refractivity contribution in [2.45, 2.75) is 12.8 Å². The molecule has 3 rings (SSSR count). The first-order valence-electron chi connectivity index (χ1n) is 7.24. The molecule has 24 heavy (non-hydrogen) atoms. The van der Waals surface area contributed by atoms with Gasteiger partial charge in [-0.1, -0.05) is 23.2 Å². The number of carbonyl (C=O) groups is 2. The lowest BCUT2D eigenvalue weighted by Gasteiger charge is -2.29. The molecule has 1 aliphatic rings. The van der Waals surface area contributed by atoms with E-state index in [0.717, 1.165) is 11.1 Å². The second-order valence-corrected chi connectivity index (χ2v) is 6.30. The molecule has 0 unspecified atom stereocenters. The third-order valence-corrected chi connectivity index (χ3v) is 4.90. The number of fused-ring (bicyclic) bond motifs is 2. The number of methoxy groups -OCH3 is 2. The van der Waals surface area contributed by atoms with Crippen LogP contribution in [0, 0.1) is 11.8 Å². The van der Waals surface area contributed by atoms with Crippen LogP contribution in [0.3, 0.4) is 0 Å². The molecule has 8 heteroatoms. The lowest BCUT2D eigenvalue weighted by Crippen LogP contribution is -2.38. The van der Waals surface area contributed by atoms with E-state index in [2.05, 4.69) is 9.97 Å². The highest BCUT2D eigenvalue weighted by atomic mass is 35.5. The largest absolute Gasteiger partial charge is 0.469 e. The molecule has 0 aliphatic heterocycles. The van der Waals surface area contributed by atoms with Crippen LogP contribution in [-0.4, -0.2) is 36.1 Å². The number of ether oxygens (including phenoxy) is 2. The molecule has 6 nitrogen and oxygen atoms in total. The maximum absolute atomic E-state index is 12.1. The highest BCUT2D eigenvalue weighted by Crippen LogP contribution is 2.34. The van der Waals surface area contributed by atoms with Gasteiger partial charge in [0.05, 0.1) is 37.1 Å². The fraction of sp³-hybridized carbons (Fsp3) is 0.375. The number of hydrogen-bond donors (Lipinski definition) is 0. The Morgan fingerprint density at radius 1 is 0.917 bits per heavy atom. The highest BCUT2D eigenvalue weighted by Gasteiger charge is 2.39. The van der Waals surface area contributed by atoms with E-state index in [4.69, 9.17) is 32.7 Å². The molecular formula is C16H14Cl2N2O4. The standard InChI is InChI=1S/C16H14Cl2N2O4/c1-23-15(21)9-3-7-5-11-12(20-14(18)13(17)19-11)6-8(7)4-10(9)16(22)24-2/h5-6,9-10H,3-4H2,1-2H3/t9-,10+. The number of halogens is 2. The zero-order valence-electron chi connectivity index (χ0n) is 13.0. The molecule has 0 saturated heterocycles. The SMILES string of the molecule is COC(=O)[C@H]1Cc2cc3nc(Cl)c(Cl)nc3cc2C[C@H]1C(=O)OC. The quantitative estimate of drug-likeness (QED) is 0.758. The van der Waals surface area contributed by atoms with Gasteiger partial charge in [0, 0.05) is 0 Å². The van der Waals surface area contributed by atoms with Crippen molar-refractivity contribution in [2.24, 2.45) is 11.8 Å². The summed E-state index contributed by atoms with van der Waals surface area (Å²) in [6, 6.07) is 3.65. The monoisotopic (exact) mass is 368 g/mol. The van der Waals surface area contributed by atoms with Crippen LogP contribution in [0.5, 0.6) is 0 Å². The number of nitrogens with zero attached hydrogens (tertiary/aromatic N) is 2. The van der Waals surface area contributed by atoms with Crippen molar-refractivity contribution in [1.82, 2.24) is 9.97 Å². The van der Waals surface area contributed by atoms with Crippen LogP contribution < -0.4 is 0 Å². The second-order valence-electron chi connectivity index (χ2n) is 5.58. The summed E-state index contributed by atoms with van der Waals surface area (Å²) in [5.74, 6) is -2.06. The summed E-state index contributed by atoms with van der Waals surface area (Å²) in [4.78, 5) is 32.6. The molecule has 2 aromatic rings. The first kappa shape index (κ1) is 16.9. The predicted octanol–water partition coefficient (Wildman–Crippen LogP) is 2.61. The molecule has 0 N–H and O–H groups in total. The van der Waals surface area contributed by atoms with Crippen molar-refractivity contribution in [2.75, 3.05) is 14.2 Å². The van der Waals surface area contributed by atoms with E-state index >= 15 is 0 Å². The number of rotatable bonds is 2. The molecule has 126 valence electrons. The lowest BCUT2D eigenvalue weighted by molar-refractivity contribution is -0.158. The van der Waals surface area contributed by atoms with Gasteiger partial charge in [-0.2, -0.15) is 0 Å². The van der Waals surface area contributed by atoms with Crippen molar-refractivity contribution < 1.29 is 19.1 Å². The van der Waals surface area contributed by atoms with Gasteiger partial charge in [-0.25, -0.2) is 9.97 Å². The molecule has 0 spiro atoms. The predicted molar refractivity (Wildman–Crippen MR) is 88.0 cm³/mol. The molecule has 0 amide bonds. The van der Waals surface area contributed by atoms with Gasteiger partial charge in [0.1, 0.15) is 0 Å². The normalized spacial score (nSPS) is 19.7. The number of esters is 2. The number of carbonyl (C=O) groups excluding carboxylic acids is 2. The molecule has 1 heterocycles. The summed E-state index contributed by atoms with van der Waals surface area (Å²) >= 11 is 11.8. The molecule has 0 saturated carbocycles.